The second kappa shape index (κ2) is 6.13. The topological polar surface area (TPSA) is 63.4 Å². The lowest BCUT2D eigenvalue weighted by Gasteiger charge is -2.39. The number of Topliss-reactive ketones (excluding diaryl/α,β-unsaturated/α-hetero) is 1. The maximum absolute atomic E-state index is 13.4. The Hall–Kier alpha value is -1.88. The largest absolute Gasteiger partial charge is 0.396 e. The van der Waals surface area contributed by atoms with Gasteiger partial charge in [-0.05, 0) is 42.7 Å². The zero-order valence-electron chi connectivity index (χ0n) is 14.4. The molecule has 4 nitrogen and oxygen atoms in total. The van der Waals surface area contributed by atoms with E-state index in [1.165, 1.54) is 12.1 Å². The van der Waals surface area contributed by atoms with Gasteiger partial charge in [0.25, 0.3) is 0 Å². The third-order valence-corrected chi connectivity index (χ3v) is 5.37. The predicted molar refractivity (Wildman–Crippen MR) is 94.4 cm³/mol. The molecule has 1 spiro atoms. The third kappa shape index (κ3) is 3.56. The molecule has 1 aromatic rings. The number of amides is 1. The van der Waals surface area contributed by atoms with Crippen molar-refractivity contribution in [2.75, 3.05) is 13.1 Å². The molecule has 1 fully saturated rings. The van der Waals surface area contributed by atoms with Gasteiger partial charge in [-0.1, -0.05) is 25.4 Å². The molecule has 2 aliphatic rings. The van der Waals surface area contributed by atoms with Gasteiger partial charge in [-0.2, -0.15) is 0 Å². The Kier molecular flexibility index (Phi) is 4.40. The minimum Gasteiger partial charge on any atom is -0.396 e. The van der Waals surface area contributed by atoms with Crippen LogP contribution in [-0.4, -0.2) is 29.7 Å². The average Bonchev–Trinajstić information content (AvgIpc) is 2.86. The van der Waals surface area contributed by atoms with Crippen molar-refractivity contribution >= 4 is 23.3 Å². The molecule has 1 aliphatic heterocycles. The van der Waals surface area contributed by atoms with Gasteiger partial charge in [-0.25, -0.2) is 4.39 Å². The molecule has 0 bridgehead atoms. The highest BCUT2D eigenvalue weighted by molar-refractivity contribution is 6.30. The van der Waals surface area contributed by atoms with E-state index in [2.05, 4.69) is 0 Å². The molecule has 134 valence electrons. The van der Waals surface area contributed by atoms with E-state index in [1.54, 1.807) is 11.0 Å². The van der Waals surface area contributed by atoms with E-state index in [-0.39, 0.29) is 28.5 Å². The fourth-order valence-electron chi connectivity index (χ4n) is 4.17. The zero-order chi connectivity index (χ0) is 18.4. The van der Waals surface area contributed by atoms with Crippen LogP contribution < -0.4 is 5.73 Å². The summed E-state index contributed by atoms with van der Waals surface area (Å²) in [6.45, 7) is 4.94. The lowest BCUT2D eigenvalue weighted by molar-refractivity contribution is -0.130. The third-order valence-electron chi connectivity index (χ3n) is 5.15. The van der Waals surface area contributed by atoms with Crippen molar-refractivity contribution in [2.45, 2.75) is 33.1 Å². The minimum atomic E-state index is -0.520. The Labute approximate surface area is 151 Å². The minimum absolute atomic E-state index is 0.0303. The molecule has 3 rings (SSSR count). The summed E-state index contributed by atoms with van der Waals surface area (Å²) in [5.41, 5.74) is 6.02. The van der Waals surface area contributed by atoms with Gasteiger partial charge in [0.05, 0.1) is 12.1 Å². The Morgan fingerprint density at radius 3 is 2.72 bits per heavy atom. The van der Waals surface area contributed by atoms with Gasteiger partial charge < -0.3 is 10.6 Å². The van der Waals surface area contributed by atoms with E-state index in [4.69, 9.17) is 17.3 Å². The van der Waals surface area contributed by atoms with Gasteiger partial charge in [0.2, 0.25) is 5.91 Å². The molecule has 0 aromatic heterocycles. The molecule has 2 N–H and O–H groups in total. The van der Waals surface area contributed by atoms with Gasteiger partial charge in [0.15, 0.2) is 5.78 Å². The molecule has 25 heavy (non-hydrogen) atoms. The van der Waals surface area contributed by atoms with E-state index in [0.29, 0.717) is 30.8 Å². The Bertz CT molecular complexity index is 754. The summed E-state index contributed by atoms with van der Waals surface area (Å²) in [6.07, 6.45) is 3.40. The van der Waals surface area contributed by atoms with Crippen molar-refractivity contribution in [3.8, 4) is 0 Å². The summed E-state index contributed by atoms with van der Waals surface area (Å²) >= 11 is 5.85. The molecule has 1 atom stereocenters. The molecule has 1 amide bonds. The number of hydrogen-bond acceptors (Lipinski definition) is 3. The van der Waals surface area contributed by atoms with Crippen LogP contribution >= 0.6 is 11.6 Å². The standard InChI is InChI=1S/C19H22ClFN2O2/c1-18(2)10-19(9-15(22)17(18)25)3-4-23(11-19)16(24)7-12-5-13(20)8-14(21)6-12/h5-6,8-9H,3-4,7,10-11,22H2,1-2H3. The quantitative estimate of drug-likeness (QED) is 0.877. The molecule has 6 heteroatoms. The zero-order valence-corrected chi connectivity index (χ0v) is 15.2. The molecule has 0 saturated carbocycles. The molecule has 1 unspecified atom stereocenters. The summed E-state index contributed by atoms with van der Waals surface area (Å²) in [5.74, 6) is -0.547. The smallest absolute Gasteiger partial charge is 0.227 e. The lowest BCUT2D eigenvalue weighted by atomic mass is 9.65. The summed E-state index contributed by atoms with van der Waals surface area (Å²) in [4.78, 5) is 26.6. The van der Waals surface area contributed by atoms with Crippen LogP contribution in [0.25, 0.3) is 0 Å². The van der Waals surface area contributed by atoms with E-state index in [1.807, 2.05) is 19.9 Å². The van der Waals surface area contributed by atoms with Gasteiger partial charge in [-0.15, -0.1) is 0 Å². The van der Waals surface area contributed by atoms with E-state index < -0.39 is 11.2 Å². The molecule has 1 saturated heterocycles. The highest BCUT2D eigenvalue weighted by Gasteiger charge is 2.48. The number of rotatable bonds is 2. The molecule has 0 radical (unpaired) electrons. The van der Waals surface area contributed by atoms with Crippen LogP contribution in [-0.2, 0) is 16.0 Å². The van der Waals surface area contributed by atoms with E-state index in [9.17, 15) is 14.0 Å². The van der Waals surface area contributed by atoms with Crippen molar-refractivity contribution in [2.24, 2.45) is 16.6 Å². The molecule has 1 heterocycles. The number of carbonyl (C=O) groups is 2. The number of ketones is 1. The summed E-state index contributed by atoms with van der Waals surface area (Å²) in [7, 11) is 0. The van der Waals surface area contributed by atoms with Crippen LogP contribution in [0.5, 0.6) is 0 Å². The van der Waals surface area contributed by atoms with Gasteiger partial charge in [-0.3, -0.25) is 9.59 Å². The van der Waals surface area contributed by atoms with Crippen molar-refractivity contribution in [3.05, 3.63) is 46.4 Å². The highest BCUT2D eigenvalue weighted by Crippen LogP contribution is 2.47. The van der Waals surface area contributed by atoms with Crippen LogP contribution in [0.2, 0.25) is 5.02 Å². The van der Waals surface area contributed by atoms with Crippen LogP contribution in [0.4, 0.5) is 4.39 Å². The number of carbonyl (C=O) groups excluding carboxylic acids is 2. The molecule has 1 aliphatic carbocycles. The normalized spacial score (nSPS) is 25.4. The van der Waals surface area contributed by atoms with Crippen molar-refractivity contribution in [1.29, 1.82) is 0 Å². The maximum atomic E-state index is 13.4. The van der Waals surface area contributed by atoms with Gasteiger partial charge in [0, 0.05) is 28.9 Å². The summed E-state index contributed by atoms with van der Waals surface area (Å²) in [5, 5.41) is 0.281. The summed E-state index contributed by atoms with van der Waals surface area (Å²) in [6, 6.07) is 4.15. The van der Waals surface area contributed by atoms with Crippen LogP contribution in [0.1, 0.15) is 32.3 Å². The first-order valence-corrected chi connectivity index (χ1v) is 8.74. The van der Waals surface area contributed by atoms with Gasteiger partial charge >= 0.3 is 0 Å². The van der Waals surface area contributed by atoms with Crippen molar-refractivity contribution in [3.63, 3.8) is 0 Å². The van der Waals surface area contributed by atoms with Crippen LogP contribution in [0.3, 0.4) is 0 Å². The monoisotopic (exact) mass is 364 g/mol. The first-order chi connectivity index (χ1) is 11.6. The first kappa shape index (κ1) is 17.9. The summed E-state index contributed by atoms with van der Waals surface area (Å²) < 4.78 is 13.4. The fourth-order valence-corrected chi connectivity index (χ4v) is 4.41. The van der Waals surface area contributed by atoms with Gasteiger partial charge in [0.1, 0.15) is 5.82 Å². The van der Waals surface area contributed by atoms with E-state index in [0.717, 1.165) is 6.42 Å². The van der Waals surface area contributed by atoms with Crippen LogP contribution in [0, 0.1) is 16.6 Å². The van der Waals surface area contributed by atoms with Crippen molar-refractivity contribution < 1.29 is 14.0 Å². The maximum Gasteiger partial charge on any atom is 0.227 e. The SMILES string of the molecule is CC1(C)CC2(C=C(N)C1=O)CCN(C(=O)Cc1cc(F)cc(Cl)c1)C2. The Balaban J connectivity index is 1.74. The Morgan fingerprint density at radius 2 is 2.08 bits per heavy atom. The lowest BCUT2D eigenvalue weighted by Crippen LogP contribution is -2.42. The van der Waals surface area contributed by atoms with E-state index >= 15 is 0 Å². The number of halogens is 2. The number of hydrogen-bond donors (Lipinski definition) is 1. The number of likely N-dealkylation sites (tertiary alicyclic amines) is 1. The predicted octanol–water partition coefficient (Wildman–Crippen LogP) is 3.08. The molecular weight excluding hydrogens is 343 g/mol. The molecule has 1 aromatic carbocycles. The Morgan fingerprint density at radius 1 is 1.36 bits per heavy atom. The fraction of sp³-hybridized carbons (Fsp3) is 0.474. The average molecular weight is 365 g/mol. The number of nitrogens with two attached hydrogens (primary N) is 1. The highest BCUT2D eigenvalue weighted by atomic mass is 35.5. The first-order valence-electron chi connectivity index (χ1n) is 8.36. The number of nitrogens with zero attached hydrogens (tertiary/aromatic N) is 1. The molecular formula is C19H22ClFN2O2. The second-order valence-corrected chi connectivity index (χ2v) is 8.31. The van der Waals surface area contributed by atoms with Crippen molar-refractivity contribution in [1.82, 2.24) is 4.90 Å². The number of benzene rings is 1. The second-order valence-electron chi connectivity index (χ2n) is 7.87. The number of allylic oxidation sites excluding steroid dienone is 1. The van der Waals surface area contributed by atoms with Crippen LogP contribution in [0.15, 0.2) is 30.0 Å².